The van der Waals surface area contributed by atoms with Crippen LogP contribution in [0.3, 0.4) is 0 Å². The minimum Gasteiger partial charge on any atom is -0.312 e. The second-order valence-corrected chi connectivity index (χ2v) is 7.23. The largest absolute Gasteiger partial charge is 0.312 e. The van der Waals surface area contributed by atoms with Gasteiger partial charge in [-0.25, -0.2) is 0 Å². The molecule has 0 amide bonds. The summed E-state index contributed by atoms with van der Waals surface area (Å²) in [4.78, 5) is 2.63. The van der Waals surface area contributed by atoms with Gasteiger partial charge in [0, 0.05) is 25.7 Å². The van der Waals surface area contributed by atoms with Crippen LogP contribution >= 0.6 is 0 Å². The molecule has 1 N–H and O–H groups in total. The Kier molecular flexibility index (Phi) is 6.65. The molecule has 1 heterocycles. The van der Waals surface area contributed by atoms with Gasteiger partial charge in [-0.3, -0.25) is 0 Å². The van der Waals surface area contributed by atoms with Gasteiger partial charge in [-0.1, -0.05) is 47.5 Å². The molecule has 1 aliphatic heterocycles. The third kappa shape index (κ3) is 6.19. The van der Waals surface area contributed by atoms with E-state index in [1.807, 2.05) is 0 Å². The molecular weight excluding hydrogens is 220 g/mol. The predicted molar refractivity (Wildman–Crippen MR) is 81.0 cm³/mol. The third-order valence-electron chi connectivity index (χ3n) is 3.95. The molecular formula is C16H34N2. The lowest BCUT2D eigenvalue weighted by atomic mass is 9.89. The summed E-state index contributed by atoms with van der Waals surface area (Å²) in [5.41, 5.74) is 0.396. The van der Waals surface area contributed by atoms with E-state index in [9.17, 15) is 0 Å². The molecule has 1 saturated heterocycles. The number of hydrogen-bond acceptors (Lipinski definition) is 2. The van der Waals surface area contributed by atoms with Crippen molar-refractivity contribution in [2.45, 2.75) is 66.3 Å². The van der Waals surface area contributed by atoms with Gasteiger partial charge in [0.2, 0.25) is 0 Å². The summed E-state index contributed by atoms with van der Waals surface area (Å²) in [6.07, 6.45) is 5.53. The summed E-state index contributed by atoms with van der Waals surface area (Å²) in [6, 6.07) is 0.708. The highest BCUT2D eigenvalue weighted by Crippen LogP contribution is 2.22. The topological polar surface area (TPSA) is 15.3 Å². The zero-order valence-electron chi connectivity index (χ0n) is 13.3. The first-order valence-corrected chi connectivity index (χ1v) is 7.90. The fraction of sp³-hybridized carbons (Fsp3) is 1.00. The van der Waals surface area contributed by atoms with E-state index in [1.165, 1.54) is 45.3 Å². The molecule has 2 nitrogen and oxygen atoms in total. The van der Waals surface area contributed by atoms with Crippen LogP contribution in [0.2, 0.25) is 0 Å². The molecule has 0 radical (unpaired) electrons. The van der Waals surface area contributed by atoms with Gasteiger partial charge in [-0.15, -0.1) is 0 Å². The molecule has 0 spiro atoms. The zero-order chi connectivity index (χ0) is 13.6. The maximum absolute atomic E-state index is 3.79. The fourth-order valence-electron chi connectivity index (χ4n) is 2.86. The van der Waals surface area contributed by atoms with Gasteiger partial charge in [0.05, 0.1) is 0 Å². The molecule has 0 bridgehead atoms. The van der Waals surface area contributed by atoms with E-state index in [1.54, 1.807) is 0 Å². The minimum absolute atomic E-state index is 0.396. The Morgan fingerprint density at radius 3 is 2.44 bits per heavy atom. The van der Waals surface area contributed by atoms with E-state index in [0.29, 0.717) is 11.5 Å². The van der Waals surface area contributed by atoms with E-state index in [4.69, 9.17) is 0 Å². The Morgan fingerprint density at radius 1 is 1.17 bits per heavy atom. The lowest BCUT2D eigenvalue weighted by Crippen LogP contribution is -2.50. The number of rotatable bonds is 6. The van der Waals surface area contributed by atoms with Crippen LogP contribution in [0, 0.1) is 11.3 Å². The highest BCUT2D eigenvalue weighted by atomic mass is 15.2. The Morgan fingerprint density at radius 2 is 1.89 bits per heavy atom. The van der Waals surface area contributed by atoms with E-state index in [0.717, 1.165) is 12.5 Å². The molecule has 2 heteroatoms. The molecule has 0 aromatic rings. The van der Waals surface area contributed by atoms with Crippen molar-refractivity contribution in [2.24, 2.45) is 11.3 Å². The van der Waals surface area contributed by atoms with Gasteiger partial charge in [0.25, 0.3) is 0 Å². The van der Waals surface area contributed by atoms with Gasteiger partial charge in [-0.2, -0.15) is 0 Å². The Bertz CT molecular complexity index is 220. The van der Waals surface area contributed by atoms with Crippen molar-refractivity contribution in [2.75, 3.05) is 26.2 Å². The Labute approximate surface area is 115 Å². The Balaban J connectivity index is 2.41. The first-order valence-electron chi connectivity index (χ1n) is 7.90. The number of unbranched alkanes of at least 4 members (excludes halogenated alkanes) is 1. The molecule has 1 rings (SSSR count). The highest BCUT2D eigenvalue weighted by Gasteiger charge is 2.26. The molecule has 0 aromatic heterocycles. The van der Waals surface area contributed by atoms with Crippen molar-refractivity contribution in [3.05, 3.63) is 0 Å². The first-order chi connectivity index (χ1) is 8.44. The van der Waals surface area contributed by atoms with Gasteiger partial charge >= 0.3 is 0 Å². The summed E-state index contributed by atoms with van der Waals surface area (Å²) in [5.74, 6) is 0.913. The van der Waals surface area contributed by atoms with Crippen LogP contribution in [0.4, 0.5) is 0 Å². The average Bonchev–Trinajstić information content (AvgIpc) is 2.32. The second kappa shape index (κ2) is 7.49. The predicted octanol–water partition coefficient (Wildman–Crippen LogP) is 3.52. The SMILES string of the molecule is CCCCC1CC(NCC(C)(C)C)CN(CC)C1. The van der Waals surface area contributed by atoms with E-state index in [-0.39, 0.29) is 0 Å². The first kappa shape index (κ1) is 16.0. The van der Waals surface area contributed by atoms with Crippen molar-refractivity contribution in [1.29, 1.82) is 0 Å². The lowest BCUT2D eigenvalue weighted by molar-refractivity contribution is 0.134. The molecule has 18 heavy (non-hydrogen) atoms. The molecule has 0 aliphatic carbocycles. The van der Waals surface area contributed by atoms with Crippen molar-refractivity contribution in [1.82, 2.24) is 10.2 Å². The van der Waals surface area contributed by atoms with Crippen LogP contribution in [0.5, 0.6) is 0 Å². The van der Waals surface area contributed by atoms with Crippen LogP contribution in [0.1, 0.15) is 60.3 Å². The van der Waals surface area contributed by atoms with Crippen molar-refractivity contribution >= 4 is 0 Å². The molecule has 0 aromatic carbocycles. The van der Waals surface area contributed by atoms with Gasteiger partial charge < -0.3 is 10.2 Å². The molecule has 2 unspecified atom stereocenters. The van der Waals surface area contributed by atoms with Gasteiger partial charge in [-0.05, 0) is 30.7 Å². The van der Waals surface area contributed by atoms with E-state index >= 15 is 0 Å². The number of hydrogen-bond donors (Lipinski definition) is 1. The average molecular weight is 254 g/mol. The smallest absolute Gasteiger partial charge is 0.0198 e. The Hall–Kier alpha value is -0.0800. The summed E-state index contributed by atoms with van der Waals surface area (Å²) in [7, 11) is 0. The monoisotopic (exact) mass is 254 g/mol. The van der Waals surface area contributed by atoms with Crippen molar-refractivity contribution in [3.63, 3.8) is 0 Å². The maximum atomic E-state index is 3.79. The van der Waals surface area contributed by atoms with Crippen LogP contribution in [0.25, 0.3) is 0 Å². The van der Waals surface area contributed by atoms with E-state index in [2.05, 4.69) is 44.8 Å². The highest BCUT2D eigenvalue weighted by molar-refractivity contribution is 4.84. The number of likely N-dealkylation sites (tertiary alicyclic amines) is 1. The molecule has 2 atom stereocenters. The number of nitrogens with one attached hydrogen (secondary N) is 1. The molecule has 108 valence electrons. The molecule has 0 saturated carbocycles. The van der Waals surface area contributed by atoms with Crippen LogP contribution in [-0.2, 0) is 0 Å². The number of likely N-dealkylation sites (N-methyl/N-ethyl adjacent to an activating group) is 1. The lowest BCUT2D eigenvalue weighted by Gasteiger charge is -2.39. The van der Waals surface area contributed by atoms with Crippen molar-refractivity contribution in [3.8, 4) is 0 Å². The molecule has 1 fully saturated rings. The maximum Gasteiger partial charge on any atom is 0.0198 e. The van der Waals surface area contributed by atoms with Crippen LogP contribution < -0.4 is 5.32 Å². The van der Waals surface area contributed by atoms with Crippen molar-refractivity contribution < 1.29 is 0 Å². The summed E-state index contributed by atoms with van der Waals surface area (Å²) in [5, 5.41) is 3.79. The standard InChI is InChI=1S/C16H34N2/c1-6-8-9-14-10-15(12-18(7-2)11-14)17-13-16(3,4)5/h14-15,17H,6-13H2,1-5H3. The normalized spacial score (nSPS) is 26.5. The fourth-order valence-corrected chi connectivity index (χ4v) is 2.86. The second-order valence-electron chi connectivity index (χ2n) is 7.23. The zero-order valence-corrected chi connectivity index (χ0v) is 13.3. The summed E-state index contributed by atoms with van der Waals surface area (Å²) < 4.78 is 0. The minimum atomic E-state index is 0.396. The van der Waals surface area contributed by atoms with E-state index < -0.39 is 0 Å². The summed E-state index contributed by atoms with van der Waals surface area (Å²) in [6.45, 7) is 16.4. The van der Waals surface area contributed by atoms with Gasteiger partial charge in [0.1, 0.15) is 0 Å². The quantitative estimate of drug-likeness (QED) is 0.780. The third-order valence-corrected chi connectivity index (χ3v) is 3.95. The summed E-state index contributed by atoms with van der Waals surface area (Å²) >= 11 is 0. The number of piperidine rings is 1. The van der Waals surface area contributed by atoms with Crippen LogP contribution in [-0.4, -0.2) is 37.1 Å². The molecule has 1 aliphatic rings. The van der Waals surface area contributed by atoms with Crippen LogP contribution in [0.15, 0.2) is 0 Å². The van der Waals surface area contributed by atoms with Gasteiger partial charge in [0.15, 0.2) is 0 Å². The number of nitrogens with zero attached hydrogens (tertiary/aromatic N) is 1.